The number of phenols is 1. The fourth-order valence-corrected chi connectivity index (χ4v) is 6.90. The molecule has 32 heavy (non-hydrogen) atoms. The van der Waals surface area contributed by atoms with Crippen LogP contribution in [0.3, 0.4) is 0 Å². The number of benzene rings is 2. The minimum absolute atomic E-state index is 0.262. The van der Waals surface area contributed by atoms with Gasteiger partial charge in [-0.2, -0.15) is 0 Å². The van der Waals surface area contributed by atoms with E-state index in [1.807, 2.05) is 6.07 Å². The van der Waals surface area contributed by atoms with Crippen LogP contribution in [0.15, 0.2) is 30.3 Å². The fraction of sp³-hybridized carbons (Fsp3) is 0.556. The van der Waals surface area contributed by atoms with E-state index < -0.39 is 0 Å². The van der Waals surface area contributed by atoms with Crippen molar-refractivity contribution in [2.24, 2.45) is 5.92 Å². The molecule has 0 unspecified atom stereocenters. The fourth-order valence-electron chi connectivity index (χ4n) is 6.90. The molecule has 2 aliphatic carbocycles. The normalized spacial score (nSPS) is 26.7. The van der Waals surface area contributed by atoms with Gasteiger partial charge in [0.1, 0.15) is 5.75 Å². The Morgan fingerprint density at radius 3 is 2.50 bits per heavy atom. The summed E-state index contributed by atoms with van der Waals surface area (Å²) >= 11 is 0. The number of nitrogens with zero attached hydrogens (tertiary/aromatic N) is 1. The van der Waals surface area contributed by atoms with Gasteiger partial charge in [-0.25, -0.2) is 0 Å². The molecule has 5 heteroatoms. The number of likely N-dealkylation sites (tertiary alicyclic amines) is 1. The summed E-state index contributed by atoms with van der Waals surface area (Å²) in [4.78, 5) is 2.73. The zero-order chi connectivity index (χ0) is 22.3. The van der Waals surface area contributed by atoms with Gasteiger partial charge in [0.15, 0.2) is 11.5 Å². The number of piperidine rings is 1. The molecular weight excluding hydrogens is 402 g/mol. The molecule has 5 nitrogen and oxygen atoms in total. The van der Waals surface area contributed by atoms with Crippen molar-refractivity contribution in [3.8, 4) is 23.0 Å². The van der Waals surface area contributed by atoms with Gasteiger partial charge < -0.3 is 19.3 Å². The maximum absolute atomic E-state index is 10.2. The molecule has 0 radical (unpaired) electrons. The lowest BCUT2D eigenvalue weighted by Gasteiger charge is -2.59. The second-order valence-corrected chi connectivity index (χ2v) is 9.69. The van der Waals surface area contributed by atoms with Crippen molar-refractivity contribution < 1.29 is 19.3 Å². The van der Waals surface area contributed by atoms with Gasteiger partial charge in [-0.15, -0.1) is 0 Å². The van der Waals surface area contributed by atoms with E-state index in [2.05, 4.69) is 29.2 Å². The Morgan fingerprint density at radius 1 is 1.00 bits per heavy atom. The van der Waals surface area contributed by atoms with Gasteiger partial charge in [-0.3, -0.25) is 4.90 Å². The van der Waals surface area contributed by atoms with Gasteiger partial charge in [-0.1, -0.05) is 18.9 Å². The first kappa shape index (κ1) is 21.4. The van der Waals surface area contributed by atoms with Crippen molar-refractivity contribution >= 4 is 0 Å². The highest BCUT2D eigenvalue weighted by Crippen LogP contribution is 2.56. The quantitative estimate of drug-likeness (QED) is 0.709. The molecule has 2 bridgehead atoms. The van der Waals surface area contributed by atoms with Crippen LogP contribution in [-0.4, -0.2) is 50.5 Å². The molecule has 0 amide bonds. The van der Waals surface area contributed by atoms with Crippen molar-refractivity contribution in [1.29, 1.82) is 0 Å². The van der Waals surface area contributed by atoms with E-state index in [0.29, 0.717) is 23.5 Å². The monoisotopic (exact) mass is 437 g/mol. The highest BCUT2D eigenvalue weighted by atomic mass is 16.5. The Labute approximate surface area is 191 Å². The van der Waals surface area contributed by atoms with E-state index in [1.54, 1.807) is 21.3 Å². The summed E-state index contributed by atoms with van der Waals surface area (Å²) in [5.41, 5.74) is 4.37. The van der Waals surface area contributed by atoms with Gasteiger partial charge >= 0.3 is 0 Å². The summed E-state index contributed by atoms with van der Waals surface area (Å²) in [6, 6.07) is 10.9. The SMILES string of the molecule is COc1cc(CCN2CC[C@@]34CCCC[C@H]3[C@H]2Cc2ccc(O)cc24)cc(OC)c1OC. The van der Waals surface area contributed by atoms with Gasteiger partial charge in [0.25, 0.3) is 0 Å². The Kier molecular flexibility index (Phi) is 5.70. The Morgan fingerprint density at radius 2 is 1.78 bits per heavy atom. The summed E-state index contributed by atoms with van der Waals surface area (Å²) in [6.07, 6.45) is 8.46. The standard InChI is InChI=1S/C27H35NO4/c1-30-24-14-18(15-25(31-2)26(24)32-3)9-12-28-13-11-27-10-5-4-6-21(27)23(28)16-19-7-8-20(29)17-22(19)27/h7-8,14-15,17,21,23,29H,4-6,9-13,16H2,1-3H3/t21-,23+,27-/m0/s1. The highest BCUT2D eigenvalue weighted by molar-refractivity contribution is 5.54. The van der Waals surface area contributed by atoms with Gasteiger partial charge in [-0.05, 0) is 85.5 Å². The van der Waals surface area contributed by atoms with Crippen LogP contribution in [0.25, 0.3) is 0 Å². The average molecular weight is 438 g/mol. The molecular formula is C27H35NO4. The second-order valence-electron chi connectivity index (χ2n) is 9.69. The number of ether oxygens (including phenoxy) is 3. The summed E-state index contributed by atoms with van der Waals surface area (Å²) in [5, 5.41) is 10.2. The van der Waals surface area contributed by atoms with E-state index in [-0.39, 0.29) is 5.41 Å². The molecule has 1 saturated heterocycles. The number of hydrogen-bond donors (Lipinski definition) is 1. The summed E-state index contributed by atoms with van der Waals surface area (Å²) in [5.74, 6) is 3.21. The summed E-state index contributed by atoms with van der Waals surface area (Å²) in [6.45, 7) is 2.16. The Bertz CT molecular complexity index is 965. The maximum Gasteiger partial charge on any atom is 0.203 e. The second kappa shape index (κ2) is 8.51. The molecule has 1 saturated carbocycles. The molecule has 2 aromatic rings. The predicted octanol–water partition coefficient (Wildman–Crippen LogP) is 4.72. The van der Waals surface area contributed by atoms with Crippen molar-refractivity contribution in [2.75, 3.05) is 34.4 Å². The summed E-state index contributed by atoms with van der Waals surface area (Å²) in [7, 11) is 4.99. The lowest BCUT2D eigenvalue weighted by molar-refractivity contribution is -0.0107. The third-order valence-electron chi connectivity index (χ3n) is 8.35. The largest absolute Gasteiger partial charge is 0.508 e. The van der Waals surface area contributed by atoms with Gasteiger partial charge in [0.2, 0.25) is 5.75 Å². The van der Waals surface area contributed by atoms with Crippen LogP contribution >= 0.6 is 0 Å². The van der Waals surface area contributed by atoms with Gasteiger partial charge in [0, 0.05) is 18.0 Å². The highest BCUT2D eigenvalue weighted by Gasteiger charge is 2.53. The molecule has 172 valence electrons. The van der Waals surface area contributed by atoms with Crippen LogP contribution in [0.5, 0.6) is 23.0 Å². The number of aromatic hydroxyl groups is 1. The van der Waals surface area contributed by atoms with Crippen molar-refractivity contribution in [1.82, 2.24) is 4.90 Å². The number of fused-ring (bicyclic) bond motifs is 1. The van der Waals surface area contributed by atoms with Crippen LogP contribution in [-0.2, 0) is 18.3 Å². The molecule has 3 atom stereocenters. The van der Waals surface area contributed by atoms with E-state index in [4.69, 9.17) is 14.2 Å². The van der Waals surface area contributed by atoms with Crippen molar-refractivity contribution in [3.63, 3.8) is 0 Å². The topological polar surface area (TPSA) is 51.2 Å². The number of methoxy groups -OCH3 is 3. The first-order valence-corrected chi connectivity index (χ1v) is 11.9. The van der Waals surface area contributed by atoms with Crippen molar-refractivity contribution in [2.45, 2.75) is 56.4 Å². The minimum atomic E-state index is 0.262. The van der Waals surface area contributed by atoms with E-state index in [0.717, 1.165) is 37.4 Å². The molecule has 2 aromatic carbocycles. The molecule has 3 aliphatic rings. The maximum atomic E-state index is 10.2. The molecule has 1 aliphatic heterocycles. The Hall–Kier alpha value is -2.40. The van der Waals surface area contributed by atoms with E-state index in [9.17, 15) is 5.11 Å². The predicted molar refractivity (Wildman–Crippen MR) is 125 cm³/mol. The van der Waals surface area contributed by atoms with Crippen LogP contribution in [0, 0.1) is 5.92 Å². The molecule has 1 N–H and O–H groups in total. The third-order valence-corrected chi connectivity index (χ3v) is 8.35. The molecule has 5 rings (SSSR count). The van der Waals surface area contributed by atoms with Crippen molar-refractivity contribution in [3.05, 3.63) is 47.0 Å². The lowest BCUT2D eigenvalue weighted by Crippen LogP contribution is -2.61. The molecule has 0 aromatic heterocycles. The number of phenolic OH excluding ortho intramolecular Hbond substituents is 1. The lowest BCUT2D eigenvalue weighted by atomic mass is 9.52. The van der Waals surface area contributed by atoms with E-state index >= 15 is 0 Å². The van der Waals surface area contributed by atoms with Crippen LogP contribution in [0.4, 0.5) is 0 Å². The number of hydrogen-bond acceptors (Lipinski definition) is 5. The zero-order valence-corrected chi connectivity index (χ0v) is 19.5. The zero-order valence-electron chi connectivity index (χ0n) is 19.5. The first-order chi connectivity index (χ1) is 15.6. The Balaban J connectivity index is 1.40. The summed E-state index contributed by atoms with van der Waals surface area (Å²) < 4.78 is 16.6. The third kappa shape index (κ3) is 3.42. The van der Waals surface area contributed by atoms with Crippen LogP contribution < -0.4 is 14.2 Å². The number of rotatable bonds is 6. The average Bonchev–Trinajstić information content (AvgIpc) is 2.83. The smallest absolute Gasteiger partial charge is 0.203 e. The van der Waals surface area contributed by atoms with Gasteiger partial charge in [0.05, 0.1) is 21.3 Å². The first-order valence-electron chi connectivity index (χ1n) is 11.9. The van der Waals surface area contributed by atoms with Crippen LogP contribution in [0.1, 0.15) is 48.8 Å². The van der Waals surface area contributed by atoms with E-state index in [1.165, 1.54) is 48.8 Å². The minimum Gasteiger partial charge on any atom is -0.508 e. The molecule has 2 fully saturated rings. The molecule has 1 heterocycles. The van der Waals surface area contributed by atoms with Crippen LogP contribution in [0.2, 0.25) is 0 Å². The molecule has 0 spiro atoms.